The molecule has 0 radical (unpaired) electrons. The maximum atomic E-state index is 12.5. The van der Waals surface area contributed by atoms with Crippen molar-refractivity contribution in [1.82, 2.24) is 14.7 Å². The van der Waals surface area contributed by atoms with Crippen LogP contribution in [0.2, 0.25) is 0 Å². The molecule has 30 heavy (non-hydrogen) atoms. The van der Waals surface area contributed by atoms with E-state index in [1.54, 1.807) is 22.6 Å². The lowest BCUT2D eigenvalue weighted by atomic mass is 10.1. The summed E-state index contributed by atoms with van der Waals surface area (Å²) in [6, 6.07) is 11.9. The summed E-state index contributed by atoms with van der Waals surface area (Å²) in [5.41, 5.74) is 2.30. The van der Waals surface area contributed by atoms with Gasteiger partial charge in [-0.25, -0.2) is 9.78 Å². The van der Waals surface area contributed by atoms with Gasteiger partial charge in [-0.1, -0.05) is 24.6 Å². The number of nitrogens with one attached hydrogen (secondary N) is 2. The van der Waals surface area contributed by atoms with Crippen molar-refractivity contribution >= 4 is 29.1 Å². The van der Waals surface area contributed by atoms with Crippen LogP contribution in [0.5, 0.6) is 0 Å². The van der Waals surface area contributed by atoms with Crippen molar-refractivity contribution in [2.45, 2.75) is 32.6 Å². The number of carbonyl (C=O) groups excluding carboxylic acids is 2. The first-order valence-corrected chi connectivity index (χ1v) is 9.81. The number of rotatable bonds is 9. The second-order valence-electron chi connectivity index (χ2n) is 6.94. The number of unbranched alkanes of at least 4 members (excludes halogenated alkanes) is 2. The fourth-order valence-corrected chi connectivity index (χ4v) is 3.25. The van der Waals surface area contributed by atoms with Gasteiger partial charge in [0.25, 0.3) is 5.91 Å². The Labute approximate surface area is 173 Å². The van der Waals surface area contributed by atoms with Crippen molar-refractivity contribution in [3.8, 4) is 0 Å². The molecule has 0 bridgehead atoms. The molecule has 0 aliphatic rings. The van der Waals surface area contributed by atoms with Crippen LogP contribution in [0.25, 0.3) is 5.65 Å². The molecule has 2 amide bonds. The number of carboxylic acids is 1. The molecule has 156 valence electrons. The molecule has 0 spiro atoms. The Morgan fingerprint density at radius 3 is 2.60 bits per heavy atom. The number of fused-ring (bicyclic) bond motifs is 1. The Morgan fingerprint density at radius 1 is 1.03 bits per heavy atom. The van der Waals surface area contributed by atoms with E-state index >= 15 is 0 Å². The van der Waals surface area contributed by atoms with Gasteiger partial charge >= 0.3 is 5.97 Å². The van der Waals surface area contributed by atoms with Crippen LogP contribution < -0.4 is 10.6 Å². The van der Waals surface area contributed by atoms with E-state index in [4.69, 9.17) is 5.11 Å². The van der Waals surface area contributed by atoms with Gasteiger partial charge in [-0.05, 0) is 44.0 Å². The monoisotopic (exact) mass is 408 g/mol. The Balaban J connectivity index is 1.39. The number of hydrogen-bond donors (Lipinski definition) is 3. The number of pyridine rings is 1. The molecule has 8 nitrogen and oxygen atoms in total. The van der Waals surface area contributed by atoms with Gasteiger partial charge in [0.05, 0.1) is 16.9 Å². The third-order valence-electron chi connectivity index (χ3n) is 4.72. The van der Waals surface area contributed by atoms with Crippen LogP contribution in [-0.4, -0.2) is 38.8 Å². The molecule has 3 rings (SSSR count). The number of imidazole rings is 1. The van der Waals surface area contributed by atoms with Gasteiger partial charge in [-0.2, -0.15) is 0 Å². The molecular weight excluding hydrogens is 384 g/mol. The zero-order valence-electron chi connectivity index (χ0n) is 16.7. The van der Waals surface area contributed by atoms with E-state index in [1.807, 2.05) is 31.3 Å². The number of anilines is 1. The quantitative estimate of drug-likeness (QED) is 0.470. The molecule has 0 aliphatic carbocycles. The maximum Gasteiger partial charge on any atom is 0.337 e. The molecule has 3 aromatic rings. The average molecular weight is 408 g/mol. The number of para-hydroxylation sites is 1. The molecule has 8 heteroatoms. The predicted molar refractivity (Wildman–Crippen MR) is 113 cm³/mol. The number of aromatic carboxylic acids is 1. The highest BCUT2D eigenvalue weighted by molar-refractivity contribution is 6.00. The summed E-state index contributed by atoms with van der Waals surface area (Å²) < 4.78 is 1.77. The van der Waals surface area contributed by atoms with Crippen molar-refractivity contribution in [3.05, 3.63) is 65.6 Å². The minimum absolute atomic E-state index is 0.0660. The normalized spacial score (nSPS) is 10.7. The Bertz CT molecular complexity index is 1070. The molecule has 1 aromatic carbocycles. The lowest BCUT2D eigenvalue weighted by Gasteiger charge is -2.08. The van der Waals surface area contributed by atoms with Crippen LogP contribution in [0.15, 0.2) is 48.7 Å². The number of carbonyl (C=O) groups is 3. The number of nitrogens with zero attached hydrogens (tertiary/aromatic N) is 2. The molecule has 2 heterocycles. The molecular formula is C22H24N4O4. The smallest absolute Gasteiger partial charge is 0.337 e. The van der Waals surface area contributed by atoms with Crippen LogP contribution in [0.1, 0.15) is 52.2 Å². The van der Waals surface area contributed by atoms with E-state index in [2.05, 4.69) is 15.6 Å². The Hall–Kier alpha value is -3.68. The van der Waals surface area contributed by atoms with Crippen molar-refractivity contribution < 1.29 is 19.5 Å². The highest BCUT2D eigenvalue weighted by Gasteiger charge is 2.15. The first-order chi connectivity index (χ1) is 14.5. The largest absolute Gasteiger partial charge is 0.478 e. The lowest BCUT2D eigenvalue weighted by molar-refractivity contribution is -0.116. The van der Waals surface area contributed by atoms with Gasteiger partial charge in [0, 0.05) is 19.2 Å². The van der Waals surface area contributed by atoms with Crippen LogP contribution in [0.4, 0.5) is 5.69 Å². The standard InChI is InChI=1S/C22H24N4O4/c1-15-20(26-14-8-6-11-18(26)24-15)21(28)23-13-7-2-3-12-19(27)25-17-10-5-4-9-16(17)22(29)30/h4-6,8-11,14H,2-3,7,12-13H2,1H3,(H,23,28)(H,25,27)(H,29,30). The summed E-state index contributed by atoms with van der Waals surface area (Å²) >= 11 is 0. The minimum atomic E-state index is -1.08. The summed E-state index contributed by atoms with van der Waals surface area (Å²) in [7, 11) is 0. The van der Waals surface area contributed by atoms with Gasteiger partial charge in [0.2, 0.25) is 5.91 Å². The summed E-state index contributed by atoms with van der Waals surface area (Å²) in [6.45, 7) is 2.31. The second-order valence-corrected chi connectivity index (χ2v) is 6.94. The number of benzene rings is 1. The van der Waals surface area contributed by atoms with E-state index in [0.717, 1.165) is 18.5 Å². The Morgan fingerprint density at radius 2 is 1.80 bits per heavy atom. The predicted octanol–water partition coefficient (Wildman–Crippen LogP) is 3.27. The van der Waals surface area contributed by atoms with Crippen LogP contribution >= 0.6 is 0 Å². The van der Waals surface area contributed by atoms with Crippen molar-refractivity contribution in [1.29, 1.82) is 0 Å². The highest BCUT2D eigenvalue weighted by atomic mass is 16.4. The number of hydrogen-bond acceptors (Lipinski definition) is 4. The average Bonchev–Trinajstić information content (AvgIpc) is 3.06. The van der Waals surface area contributed by atoms with Gasteiger partial charge in [0.15, 0.2) is 0 Å². The first kappa shape index (κ1) is 21.0. The van der Waals surface area contributed by atoms with E-state index < -0.39 is 5.97 Å². The van der Waals surface area contributed by atoms with E-state index in [0.29, 0.717) is 30.0 Å². The van der Waals surface area contributed by atoms with Gasteiger partial charge in [-0.3, -0.25) is 14.0 Å². The zero-order chi connectivity index (χ0) is 21.5. The fourth-order valence-electron chi connectivity index (χ4n) is 3.25. The molecule has 0 fully saturated rings. The van der Waals surface area contributed by atoms with Gasteiger partial charge in [0.1, 0.15) is 11.3 Å². The van der Waals surface area contributed by atoms with E-state index in [1.165, 1.54) is 6.07 Å². The maximum absolute atomic E-state index is 12.5. The topological polar surface area (TPSA) is 113 Å². The van der Waals surface area contributed by atoms with Crippen LogP contribution in [0, 0.1) is 6.92 Å². The number of amides is 2. The van der Waals surface area contributed by atoms with Crippen molar-refractivity contribution in [2.75, 3.05) is 11.9 Å². The third-order valence-corrected chi connectivity index (χ3v) is 4.72. The van der Waals surface area contributed by atoms with Crippen LogP contribution in [0.3, 0.4) is 0 Å². The van der Waals surface area contributed by atoms with Crippen molar-refractivity contribution in [3.63, 3.8) is 0 Å². The van der Waals surface area contributed by atoms with Gasteiger partial charge < -0.3 is 15.7 Å². The number of carboxylic acid groups (broad SMARTS) is 1. The molecule has 0 aliphatic heterocycles. The van der Waals surface area contributed by atoms with Crippen LogP contribution in [-0.2, 0) is 4.79 Å². The zero-order valence-corrected chi connectivity index (χ0v) is 16.7. The molecule has 0 unspecified atom stereocenters. The number of aromatic nitrogens is 2. The number of aryl methyl sites for hydroxylation is 1. The van der Waals surface area contributed by atoms with Gasteiger partial charge in [-0.15, -0.1) is 0 Å². The van der Waals surface area contributed by atoms with E-state index in [-0.39, 0.29) is 23.8 Å². The van der Waals surface area contributed by atoms with E-state index in [9.17, 15) is 14.4 Å². The van der Waals surface area contributed by atoms with Crippen molar-refractivity contribution in [2.24, 2.45) is 0 Å². The summed E-state index contributed by atoms with van der Waals surface area (Å²) in [5.74, 6) is -1.48. The molecule has 2 aromatic heterocycles. The summed E-state index contributed by atoms with van der Waals surface area (Å²) in [4.78, 5) is 40.1. The molecule has 3 N–H and O–H groups in total. The third kappa shape index (κ3) is 5.02. The fraction of sp³-hybridized carbons (Fsp3) is 0.273. The first-order valence-electron chi connectivity index (χ1n) is 9.81. The summed E-state index contributed by atoms with van der Waals surface area (Å²) in [5, 5.41) is 14.7. The summed E-state index contributed by atoms with van der Waals surface area (Å²) in [6.07, 6.45) is 4.24. The molecule has 0 saturated heterocycles. The SMILES string of the molecule is Cc1nc2ccccn2c1C(=O)NCCCCCC(=O)Nc1ccccc1C(=O)O. The Kier molecular flexibility index (Phi) is 6.79. The highest BCUT2D eigenvalue weighted by Crippen LogP contribution is 2.16. The second kappa shape index (κ2) is 9.69. The molecule has 0 atom stereocenters. The lowest BCUT2D eigenvalue weighted by Crippen LogP contribution is -2.26. The minimum Gasteiger partial charge on any atom is -0.478 e. The molecule has 0 saturated carbocycles.